The molecule has 0 aliphatic carbocycles. The topological polar surface area (TPSA) is 106 Å². The van der Waals surface area contributed by atoms with Gasteiger partial charge in [0, 0.05) is 25.8 Å². The van der Waals surface area contributed by atoms with Crippen LogP contribution in [0.15, 0.2) is 18.2 Å². The molecule has 9 heteroatoms. The van der Waals surface area contributed by atoms with Crippen molar-refractivity contribution in [2.24, 2.45) is 0 Å². The summed E-state index contributed by atoms with van der Waals surface area (Å²) in [5, 5.41) is 8.92. The van der Waals surface area contributed by atoms with Crippen molar-refractivity contribution >= 4 is 15.7 Å². The van der Waals surface area contributed by atoms with E-state index < -0.39 is 9.84 Å². The van der Waals surface area contributed by atoms with Crippen molar-refractivity contribution in [2.45, 2.75) is 12.5 Å². The van der Waals surface area contributed by atoms with Gasteiger partial charge in [-0.05, 0) is 18.6 Å². The number of hydrogen-bond donors (Lipinski definition) is 0. The minimum atomic E-state index is -3.11. The van der Waals surface area contributed by atoms with E-state index in [0.29, 0.717) is 36.6 Å². The molecule has 142 valence electrons. The molecular weight excluding hydrogens is 360 g/mol. The van der Waals surface area contributed by atoms with Gasteiger partial charge in [-0.25, -0.2) is 8.42 Å². The zero-order valence-electron chi connectivity index (χ0n) is 14.8. The van der Waals surface area contributed by atoms with E-state index in [0.717, 1.165) is 0 Å². The molecule has 0 unspecified atom stereocenters. The highest BCUT2D eigenvalue weighted by atomic mass is 32.2. The van der Waals surface area contributed by atoms with Crippen LogP contribution in [0.3, 0.4) is 0 Å². The van der Waals surface area contributed by atoms with Crippen molar-refractivity contribution in [3.05, 3.63) is 23.8 Å². The molecule has 1 aliphatic heterocycles. The van der Waals surface area contributed by atoms with Gasteiger partial charge in [-0.3, -0.25) is 4.79 Å². The van der Waals surface area contributed by atoms with Crippen molar-refractivity contribution in [2.75, 3.05) is 45.5 Å². The number of benzene rings is 1. The van der Waals surface area contributed by atoms with Crippen LogP contribution in [-0.2, 0) is 19.4 Å². The largest absolute Gasteiger partial charge is 0.493 e. The van der Waals surface area contributed by atoms with Gasteiger partial charge in [-0.1, -0.05) is 0 Å². The van der Waals surface area contributed by atoms with E-state index in [2.05, 4.69) is 0 Å². The van der Waals surface area contributed by atoms with Crippen LogP contribution >= 0.6 is 0 Å². The number of carbonyl (C=O) groups excluding carboxylic acids is 1. The summed E-state index contributed by atoms with van der Waals surface area (Å²) in [7, 11) is -0.147. The van der Waals surface area contributed by atoms with Crippen LogP contribution in [0.25, 0.3) is 0 Å². The minimum absolute atomic E-state index is 0.0390. The lowest BCUT2D eigenvalue weighted by molar-refractivity contribution is -0.136. The van der Waals surface area contributed by atoms with E-state index in [1.807, 2.05) is 6.07 Å². The Morgan fingerprint density at radius 1 is 1.35 bits per heavy atom. The molecule has 0 bridgehead atoms. The molecule has 0 radical (unpaired) electrons. The van der Waals surface area contributed by atoms with Crippen LogP contribution in [0.2, 0.25) is 0 Å². The highest BCUT2D eigenvalue weighted by Gasteiger charge is 2.34. The van der Waals surface area contributed by atoms with Gasteiger partial charge in [0.15, 0.2) is 27.9 Å². The summed E-state index contributed by atoms with van der Waals surface area (Å²) in [6.45, 7) is 0.342. The molecular formula is C17H22N2O6S. The molecule has 0 spiro atoms. The van der Waals surface area contributed by atoms with Crippen molar-refractivity contribution in [1.29, 1.82) is 5.26 Å². The first kappa shape index (κ1) is 20.0. The summed E-state index contributed by atoms with van der Waals surface area (Å²) in [6.07, 6.45) is 0.415. The Morgan fingerprint density at radius 2 is 2.12 bits per heavy atom. The second-order valence-electron chi connectivity index (χ2n) is 5.90. The molecule has 1 atom stereocenters. The van der Waals surface area contributed by atoms with Gasteiger partial charge in [0.2, 0.25) is 0 Å². The average molecular weight is 382 g/mol. The number of rotatable bonds is 8. The maximum absolute atomic E-state index is 12.6. The molecule has 0 N–H and O–H groups in total. The van der Waals surface area contributed by atoms with Gasteiger partial charge in [-0.2, -0.15) is 5.26 Å². The van der Waals surface area contributed by atoms with Gasteiger partial charge in [0.05, 0.1) is 36.9 Å². The summed E-state index contributed by atoms with van der Waals surface area (Å²) in [5.74, 6) is 0.409. The summed E-state index contributed by atoms with van der Waals surface area (Å²) in [5.41, 5.74) is 0.415. The lowest BCUT2D eigenvalue weighted by Gasteiger charge is -2.28. The summed E-state index contributed by atoms with van der Waals surface area (Å²) >= 11 is 0. The van der Waals surface area contributed by atoms with E-state index >= 15 is 0 Å². The summed E-state index contributed by atoms with van der Waals surface area (Å²) in [6, 6.07) is 6.28. The van der Waals surface area contributed by atoms with Crippen LogP contribution in [0, 0.1) is 11.3 Å². The predicted octanol–water partition coefficient (Wildman–Crippen LogP) is 0.608. The number of amides is 1. The average Bonchev–Trinajstić information content (AvgIpc) is 2.99. The fourth-order valence-electron chi connectivity index (χ4n) is 2.80. The summed E-state index contributed by atoms with van der Waals surface area (Å²) in [4.78, 5) is 14.1. The fraction of sp³-hybridized carbons (Fsp3) is 0.529. The quantitative estimate of drug-likeness (QED) is 0.648. The molecule has 0 aromatic heterocycles. The van der Waals surface area contributed by atoms with Crippen molar-refractivity contribution in [3.8, 4) is 17.6 Å². The summed E-state index contributed by atoms with van der Waals surface area (Å²) < 4.78 is 39.2. The first-order valence-corrected chi connectivity index (χ1v) is 9.92. The number of nitriles is 1. The van der Waals surface area contributed by atoms with Crippen LogP contribution in [0.5, 0.6) is 11.5 Å². The second-order valence-corrected chi connectivity index (χ2v) is 8.13. The molecule has 1 amide bonds. The Kier molecular flexibility index (Phi) is 6.83. The fourth-order valence-corrected chi connectivity index (χ4v) is 4.53. The van der Waals surface area contributed by atoms with Gasteiger partial charge in [-0.15, -0.1) is 0 Å². The van der Waals surface area contributed by atoms with E-state index in [4.69, 9.17) is 19.5 Å². The Labute approximate surface area is 153 Å². The van der Waals surface area contributed by atoms with Crippen LogP contribution in [0.1, 0.15) is 12.0 Å². The van der Waals surface area contributed by atoms with Gasteiger partial charge in [0.1, 0.15) is 0 Å². The number of carbonyl (C=O) groups is 1. The minimum Gasteiger partial charge on any atom is -0.493 e. The van der Waals surface area contributed by atoms with Crippen molar-refractivity contribution in [1.82, 2.24) is 4.90 Å². The van der Waals surface area contributed by atoms with E-state index in [9.17, 15) is 13.2 Å². The van der Waals surface area contributed by atoms with Gasteiger partial charge >= 0.3 is 0 Å². The second kappa shape index (κ2) is 8.87. The Bertz CT molecular complexity index is 787. The number of methoxy groups -OCH3 is 2. The molecule has 1 heterocycles. The molecule has 1 fully saturated rings. The number of hydrogen-bond acceptors (Lipinski definition) is 7. The molecule has 1 saturated heterocycles. The van der Waals surface area contributed by atoms with Crippen LogP contribution in [0.4, 0.5) is 0 Å². The Morgan fingerprint density at radius 3 is 2.69 bits per heavy atom. The zero-order valence-corrected chi connectivity index (χ0v) is 15.6. The number of ether oxygens (including phenoxy) is 3. The smallest absolute Gasteiger partial charge is 0.260 e. The third-order valence-corrected chi connectivity index (χ3v) is 5.90. The SMILES string of the molecule is COCCN(C(=O)COc1ccc(C#N)cc1OC)[C@@H]1CCS(=O)(=O)C1. The Balaban J connectivity index is 2.06. The van der Waals surface area contributed by atoms with E-state index in [1.165, 1.54) is 25.2 Å². The zero-order chi connectivity index (χ0) is 19.2. The number of nitrogens with zero attached hydrogens (tertiary/aromatic N) is 2. The lowest BCUT2D eigenvalue weighted by Crippen LogP contribution is -2.45. The van der Waals surface area contributed by atoms with Gasteiger partial charge < -0.3 is 19.1 Å². The van der Waals surface area contributed by atoms with Crippen molar-refractivity contribution in [3.63, 3.8) is 0 Å². The molecule has 2 rings (SSSR count). The predicted molar refractivity (Wildman–Crippen MR) is 93.9 cm³/mol. The Hall–Kier alpha value is -2.31. The molecule has 1 aromatic carbocycles. The molecule has 8 nitrogen and oxygen atoms in total. The maximum Gasteiger partial charge on any atom is 0.260 e. The third-order valence-electron chi connectivity index (χ3n) is 4.15. The highest BCUT2D eigenvalue weighted by molar-refractivity contribution is 7.91. The van der Waals surface area contributed by atoms with Crippen LogP contribution in [-0.4, -0.2) is 70.8 Å². The maximum atomic E-state index is 12.6. The molecule has 26 heavy (non-hydrogen) atoms. The third kappa shape index (κ3) is 5.09. The lowest BCUT2D eigenvalue weighted by atomic mass is 10.2. The first-order chi connectivity index (χ1) is 12.4. The number of sulfone groups is 1. The van der Waals surface area contributed by atoms with Gasteiger partial charge in [0.25, 0.3) is 5.91 Å². The van der Waals surface area contributed by atoms with E-state index in [1.54, 1.807) is 12.1 Å². The van der Waals surface area contributed by atoms with E-state index in [-0.39, 0.29) is 30.1 Å². The normalized spacial score (nSPS) is 18.1. The first-order valence-electron chi connectivity index (χ1n) is 8.10. The molecule has 0 saturated carbocycles. The highest BCUT2D eigenvalue weighted by Crippen LogP contribution is 2.28. The monoisotopic (exact) mass is 382 g/mol. The standard InChI is InChI=1S/C17H22N2O6S/c1-23-7-6-19(14-5-8-26(21,22)12-14)17(20)11-25-15-4-3-13(10-18)9-16(15)24-2/h3-4,9,14H,5-8,11-12H2,1-2H3/t14-/m1/s1. The van der Waals surface area contributed by atoms with Crippen molar-refractivity contribution < 1.29 is 27.4 Å². The van der Waals surface area contributed by atoms with Crippen LogP contribution < -0.4 is 9.47 Å². The molecule has 1 aliphatic rings. The molecule has 1 aromatic rings.